The van der Waals surface area contributed by atoms with E-state index in [0.29, 0.717) is 0 Å². The topological polar surface area (TPSA) is 83.5 Å². The number of benzene rings is 1. The summed E-state index contributed by atoms with van der Waals surface area (Å²) in [5, 5.41) is 2.54. The molecule has 27 heavy (non-hydrogen) atoms. The van der Waals surface area contributed by atoms with E-state index in [0.717, 1.165) is 37.9 Å². The summed E-state index contributed by atoms with van der Waals surface area (Å²) in [6.45, 7) is 7.57. The first-order chi connectivity index (χ1) is 12.6. The molecule has 0 aromatic heterocycles. The highest BCUT2D eigenvalue weighted by Crippen LogP contribution is 2.23. The van der Waals surface area contributed by atoms with E-state index >= 15 is 0 Å². The van der Waals surface area contributed by atoms with Crippen LogP contribution in [0.3, 0.4) is 0 Å². The van der Waals surface area contributed by atoms with Crippen LogP contribution in [0.1, 0.15) is 52.0 Å². The van der Waals surface area contributed by atoms with Gasteiger partial charge in [0, 0.05) is 19.5 Å². The molecule has 150 valence electrons. The summed E-state index contributed by atoms with van der Waals surface area (Å²) in [6, 6.07) is 6.80. The van der Waals surface area contributed by atoms with Crippen LogP contribution in [0.25, 0.3) is 0 Å². The standard InChI is InChI=1S/C20H30N2O4S/c1-20(2,3)16-7-9-17(10-8-16)27(25,26)14-11-18(23)21-15-19(24)22-12-5-4-6-13-22/h7-10H,4-6,11-15H2,1-3H3,(H,21,23). The number of hydrogen-bond acceptors (Lipinski definition) is 4. The highest BCUT2D eigenvalue weighted by atomic mass is 32.2. The third kappa shape index (κ3) is 6.34. The van der Waals surface area contributed by atoms with E-state index in [1.54, 1.807) is 17.0 Å². The molecule has 1 aromatic carbocycles. The molecule has 6 nitrogen and oxygen atoms in total. The number of nitrogens with zero attached hydrogens (tertiary/aromatic N) is 1. The van der Waals surface area contributed by atoms with Crippen molar-refractivity contribution in [2.45, 2.75) is 56.8 Å². The number of piperidine rings is 1. The fourth-order valence-electron chi connectivity index (χ4n) is 3.02. The lowest BCUT2D eigenvalue weighted by atomic mass is 9.87. The Bertz CT molecular complexity index is 758. The summed E-state index contributed by atoms with van der Waals surface area (Å²) >= 11 is 0. The van der Waals surface area contributed by atoms with Crippen LogP contribution in [-0.2, 0) is 24.8 Å². The Balaban J connectivity index is 1.83. The van der Waals surface area contributed by atoms with Gasteiger partial charge in [-0.1, -0.05) is 32.9 Å². The smallest absolute Gasteiger partial charge is 0.241 e. The number of likely N-dealkylation sites (tertiary alicyclic amines) is 1. The monoisotopic (exact) mass is 394 g/mol. The molecule has 1 aliphatic heterocycles. The summed E-state index contributed by atoms with van der Waals surface area (Å²) < 4.78 is 24.9. The quantitative estimate of drug-likeness (QED) is 0.802. The molecule has 0 aliphatic carbocycles. The van der Waals surface area contributed by atoms with E-state index in [2.05, 4.69) is 26.1 Å². The van der Waals surface area contributed by atoms with Crippen molar-refractivity contribution in [1.29, 1.82) is 0 Å². The van der Waals surface area contributed by atoms with Crippen LogP contribution < -0.4 is 5.32 Å². The number of nitrogens with one attached hydrogen (secondary N) is 1. The Morgan fingerprint density at radius 1 is 1.04 bits per heavy atom. The second-order valence-electron chi connectivity index (χ2n) is 8.06. The van der Waals surface area contributed by atoms with Crippen LogP contribution >= 0.6 is 0 Å². The zero-order valence-corrected chi connectivity index (χ0v) is 17.3. The number of carbonyl (C=O) groups is 2. The largest absolute Gasteiger partial charge is 0.347 e. The van der Waals surface area contributed by atoms with Crippen molar-refractivity contribution in [3.05, 3.63) is 29.8 Å². The molecule has 0 saturated carbocycles. The van der Waals surface area contributed by atoms with Gasteiger partial charge in [-0.2, -0.15) is 0 Å². The van der Waals surface area contributed by atoms with Gasteiger partial charge in [0.05, 0.1) is 17.2 Å². The summed E-state index contributed by atoms with van der Waals surface area (Å²) in [7, 11) is -3.53. The number of hydrogen-bond donors (Lipinski definition) is 1. The predicted octanol–water partition coefficient (Wildman–Crippen LogP) is 2.28. The third-order valence-electron chi connectivity index (χ3n) is 4.82. The fraction of sp³-hybridized carbons (Fsp3) is 0.600. The van der Waals surface area contributed by atoms with Crippen LogP contribution in [0.2, 0.25) is 0 Å². The molecule has 1 aliphatic rings. The van der Waals surface area contributed by atoms with Gasteiger partial charge in [0.15, 0.2) is 9.84 Å². The van der Waals surface area contributed by atoms with Crippen molar-refractivity contribution in [1.82, 2.24) is 10.2 Å². The number of amides is 2. The van der Waals surface area contributed by atoms with Gasteiger partial charge in [0.1, 0.15) is 0 Å². The number of sulfone groups is 1. The lowest BCUT2D eigenvalue weighted by molar-refractivity contribution is -0.133. The second-order valence-corrected chi connectivity index (χ2v) is 10.2. The average Bonchev–Trinajstić information content (AvgIpc) is 2.64. The van der Waals surface area contributed by atoms with Gasteiger partial charge in [-0.3, -0.25) is 9.59 Å². The second kappa shape index (κ2) is 8.87. The molecule has 0 spiro atoms. The lowest BCUT2D eigenvalue weighted by Crippen LogP contribution is -2.42. The Hall–Kier alpha value is -1.89. The lowest BCUT2D eigenvalue weighted by Gasteiger charge is -2.26. The molecule has 1 saturated heterocycles. The minimum Gasteiger partial charge on any atom is -0.347 e. The van der Waals surface area contributed by atoms with Crippen molar-refractivity contribution < 1.29 is 18.0 Å². The van der Waals surface area contributed by atoms with Gasteiger partial charge in [-0.25, -0.2) is 8.42 Å². The first kappa shape index (κ1) is 21.4. The molecule has 7 heteroatoms. The molecule has 0 unspecified atom stereocenters. The van der Waals surface area contributed by atoms with E-state index in [4.69, 9.17) is 0 Å². The minimum absolute atomic E-state index is 0.0525. The van der Waals surface area contributed by atoms with Gasteiger partial charge in [0.25, 0.3) is 0 Å². The zero-order valence-electron chi connectivity index (χ0n) is 16.5. The average molecular weight is 395 g/mol. The first-order valence-corrected chi connectivity index (χ1v) is 11.1. The third-order valence-corrected chi connectivity index (χ3v) is 6.55. The fourth-order valence-corrected chi connectivity index (χ4v) is 4.27. The van der Waals surface area contributed by atoms with Crippen molar-refractivity contribution >= 4 is 21.7 Å². The van der Waals surface area contributed by atoms with Gasteiger partial charge in [0.2, 0.25) is 11.8 Å². The molecule has 2 rings (SSSR count). The van der Waals surface area contributed by atoms with Crippen LogP contribution in [-0.4, -0.2) is 50.5 Å². The summed E-state index contributed by atoms with van der Waals surface area (Å²) in [4.78, 5) is 25.9. The first-order valence-electron chi connectivity index (χ1n) is 9.47. The highest BCUT2D eigenvalue weighted by molar-refractivity contribution is 7.91. The maximum atomic E-state index is 12.4. The molecule has 1 N–H and O–H groups in total. The number of rotatable bonds is 6. The minimum atomic E-state index is -3.53. The molecule has 0 radical (unpaired) electrons. The molecular formula is C20H30N2O4S. The summed E-state index contributed by atoms with van der Waals surface area (Å²) in [6.07, 6.45) is 2.96. The Morgan fingerprint density at radius 2 is 1.63 bits per heavy atom. The van der Waals surface area contributed by atoms with E-state index in [1.807, 2.05) is 12.1 Å². The highest BCUT2D eigenvalue weighted by Gasteiger charge is 2.20. The molecule has 1 fully saturated rings. The van der Waals surface area contributed by atoms with Crippen molar-refractivity contribution in [2.24, 2.45) is 0 Å². The van der Waals surface area contributed by atoms with E-state index in [1.165, 1.54) is 0 Å². The maximum Gasteiger partial charge on any atom is 0.241 e. The Morgan fingerprint density at radius 3 is 2.19 bits per heavy atom. The van der Waals surface area contributed by atoms with Gasteiger partial charge < -0.3 is 10.2 Å². The van der Waals surface area contributed by atoms with Crippen LogP contribution in [0.4, 0.5) is 0 Å². The SMILES string of the molecule is CC(C)(C)c1ccc(S(=O)(=O)CCC(=O)NCC(=O)N2CCCCC2)cc1. The Labute approximate surface area is 162 Å². The zero-order chi connectivity index (χ0) is 20.1. The summed E-state index contributed by atoms with van der Waals surface area (Å²) in [5.74, 6) is -0.801. The van der Waals surface area contributed by atoms with Crippen molar-refractivity contribution in [2.75, 3.05) is 25.4 Å². The van der Waals surface area contributed by atoms with E-state index < -0.39 is 15.7 Å². The molecule has 1 heterocycles. The molecular weight excluding hydrogens is 364 g/mol. The molecule has 0 atom stereocenters. The van der Waals surface area contributed by atoms with Crippen LogP contribution in [0, 0.1) is 0 Å². The van der Waals surface area contributed by atoms with E-state index in [-0.39, 0.29) is 34.9 Å². The maximum absolute atomic E-state index is 12.4. The van der Waals surface area contributed by atoms with Crippen molar-refractivity contribution in [3.8, 4) is 0 Å². The van der Waals surface area contributed by atoms with E-state index in [9.17, 15) is 18.0 Å². The van der Waals surface area contributed by atoms with Crippen molar-refractivity contribution in [3.63, 3.8) is 0 Å². The predicted molar refractivity (Wildman–Crippen MR) is 105 cm³/mol. The Kier molecular flexibility index (Phi) is 7.03. The summed E-state index contributed by atoms with van der Waals surface area (Å²) in [5.41, 5.74) is 0.999. The number of carbonyl (C=O) groups excluding carboxylic acids is 2. The van der Waals surface area contributed by atoms with Crippen LogP contribution in [0.5, 0.6) is 0 Å². The normalized spacial score (nSPS) is 15.4. The van der Waals surface area contributed by atoms with Crippen LogP contribution in [0.15, 0.2) is 29.2 Å². The van der Waals surface area contributed by atoms with Gasteiger partial charge in [-0.15, -0.1) is 0 Å². The molecule has 2 amide bonds. The van der Waals surface area contributed by atoms with Gasteiger partial charge in [-0.05, 0) is 42.4 Å². The van der Waals surface area contributed by atoms with Gasteiger partial charge >= 0.3 is 0 Å². The molecule has 0 bridgehead atoms. The molecule has 1 aromatic rings.